The van der Waals surface area contributed by atoms with Crippen LogP contribution < -0.4 is 15.9 Å². The van der Waals surface area contributed by atoms with E-state index in [1.54, 1.807) is 6.07 Å². The molecule has 9 nitrogen and oxygen atoms in total. The normalized spacial score (nSPS) is 11.3. The first kappa shape index (κ1) is 29.5. The number of rotatable bonds is 6. The van der Waals surface area contributed by atoms with E-state index in [1.165, 1.54) is 67.7 Å². The predicted molar refractivity (Wildman–Crippen MR) is 154 cm³/mol. The molecule has 0 aliphatic carbocycles. The highest BCUT2D eigenvalue weighted by molar-refractivity contribution is 7.71. The number of hydrogen-bond donors (Lipinski definition) is 2. The molecule has 0 atom stereocenters. The van der Waals surface area contributed by atoms with Crippen LogP contribution in [0.2, 0.25) is 10.0 Å². The van der Waals surface area contributed by atoms with Gasteiger partial charge in [0.2, 0.25) is 11.8 Å². The number of halogens is 3. The van der Waals surface area contributed by atoms with Crippen LogP contribution in [0.25, 0.3) is 0 Å². The fourth-order valence-corrected chi connectivity index (χ4v) is 5.32. The Labute approximate surface area is 247 Å². The summed E-state index contributed by atoms with van der Waals surface area (Å²) in [6.07, 6.45) is 0. The summed E-state index contributed by atoms with van der Waals surface area (Å²) >= 11 is 23.6. The number of nitrogens with zero attached hydrogens (tertiary/aromatic N) is 4. The van der Waals surface area contributed by atoms with E-state index in [-0.39, 0.29) is 48.6 Å². The molecular weight excluding hydrogens is 602 g/mol. The maximum Gasteiger partial charge on any atom is 0.262 e. The summed E-state index contributed by atoms with van der Waals surface area (Å²) in [6, 6.07) is 8.61. The van der Waals surface area contributed by atoms with E-state index in [9.17, 15) is 24.2 Å². The Morgan fingerprint density at radius 2 is 1.32 bits per heavy atom. The lowest BCUT2D eigenvalue weighted by Crippen LogP contribution is -2.33. The molecule has 2 aromatic carbocycles. The van der Waals surface area contributed by atoms with Crippen LogP contribution in [0.3, 0.4) is 0 Å². The lowest BCUT2D eigenvalue weighted by Gasteiger charge is -2.24. The number of aromatic hydroxyl groups is 2. The molecule has 14 heteroatoms. The molecule has 0 radical (unpaired) electrons. The van der Waals surface area contributed by atoms with E-state index < -0.39 is 34.6 Å². The lowest BCUT2D eigenvalue weighted by atomic mass is 9.86. The maximum atomic E-state index is 13.6. The molecule has 210 valence electrons. The molecule has 0 amide bonds. The van der Waals surface area contributed by atoms with Crippen molar-refractivity contribution in [3.05, 3.63) is 105 Å². The van der Waals surface area contributed by atoms with E-state index in [0.29, 0.717) is 5.56 Å². The van der Waals surface area contributed by atoms with Gasteiger partial charge in [0.1, 0.15) is 12.4 Å². The molecule has 0 saturated heterocycles. The number of benzene rings is 2. The van der Waals surface area contributed by atoms with E-state index in [0.717, 1.165) is 9.13 Å². The van der Waals surface area contributed by atoms with Crippen molar-refractivity contribution in [3.8, 4) is 17.5 Å². The van der Waals surface area contributed by atoms with Crippen LogP contribution in [-0.2, 0) is 34.8 Å². The van der Waals surface area contributed by atoms with Gasteiger partial charge in [-0.05, 0) is 59.8 Å². The van der Waals surface area contributed by atoms with Crippen molar-refractivity contribution in [2.24, 2.45) is 28.2 Å². The lowest BCUT2D eigenvalue weighted by molar-refractivity contribution is 0.306. The van der Waals surface area contributed by atoms with Gasteiger partial charge in [0.05, 0.1) is 27.1 Å². The van der Waals surface area contributed by atoms with E-state index in [1.807, 2.05) is 0 Å². The Balaban J connectivity index is 2.00. The first-order valence-corrected chi connectivity index (χ1v) is 13.2. The van der Waals surface area contributed by atoms with Crippen molar-refractivity contribution in [2.45, 2.75) is 12.5 Å². The molecule has 40 heavy (non-hydrogen) atoms. The Bertz CT molecular complexity index is 1810. The zero-order chi connectivity index (χ0) is 29.6. The third-order valence-corrected chi connectivity index (χ3v) is 8.20. The standard InChI is InChI=1S/C26H23Cl2FN4O5S2/c1-30-21(34)18(22(35)31(2)25(30)39)17(19-23(36)32(3)26(40)33(4)24(19)37)13-9-15(27)20(16(28)10-13)38-11-12-6-5-7-14(29)8-12/h5-10,17,34,36H,11H2,1-4H3. The summed E-state index contributed by atoms with van der Waals surface area (Å²) in [5.41, 5.74) is -1.23. The summed E-state index contributed by atoms with van der Waals surface area (Å²) in [5.74, 6) is -2.78. The molecule has 0 fully saturated rings. The van der Waals surface area contributed by atoms with Crippen LogP contribution in [0.4, 0.5) is 4.39 Å². The molecule has 2 N–H and O–H groups in total. The predicted octanol–water partition coefficient (Wildman–Crippen LogP) is 4.84. The molecule has 4 rings (SSSR count). The Kier molecular flexibility index (Phi) is 8.27. The van der Waals surface area contributed by atoms with Gasteiger partial charge in [-0.1, -0.05) is 35.3 Å². The Hall–Kier alpha value is -3.45. The summed E-state index contributed by atoms with van der Waals surface area (Å²) in [7, 11) is 5.73. The zero-order valence-corrected chi connectivity index (χ0v) is 24.8. The number of hydrogen-bond acceptors (Lipinski definition) is 7. The van der Waals surface area contributed by atoms with Crippen molar-refractivity contribution in [2.75, 3.05) is 0 Å². The molecule has 0 spiro atoms. The third-order valence-electron chi connectivity index (χ3n) is 6.54. The van der Waals surface area contributed by atoms with Crippen molar-refractivity contribution in [1.29, 1.82) is 0 Å². The second-order valence-corrected chi connectivity index (χ2v) is 10.6. The van der Waals surface area contributed by atoms with Crippen molar-refractivity contribution in [1.82, 2.24) is 18.3 Å². The SMILES string of the molecule is Cn1c(O)c(C(c2cc(Cl)c(OCc3cccc(F)c3)c(Cl)c2)c2c(O)n(C)c(=S)n(C)c2=O)c(=O)n(C)c1=S. The van der Waals surface area contributed by atoms with Crippen molar-refractivity contribution >= 4 is 47.6 Å². The average Bonchev–Trinajstić information content (AvgIpc) is 2.91. The van der Waals surface area contributed by atoms with Crippen LogP contribution in [-0.4, -0.2) is 28.5 Å². The molecule has 2 aromatic heterocycles. The highest BCUT2D eigenvalue weighted by Gasteiger charge is 2.33. The molecule has 2 heterocycles. The smallest absolute Gasteiger partial charge is 0.262 e. The van der Waals surface area contributed by atoms with Gasteiger partial charge < -0.3 is 14.9 Å². The number of aromatic nitrogens is 4. The van der Waals surface area contributed by atoms with E-state index in [2.05, 4.69) is 0 Å². The van der Waals surface area contributed by atoms with Gasteiger partial charge >= 0.3 is 0 Å². The summed E-state index contributed by atoms with van der Waals surface area (Å²) in [6.45, 7) is -0.0467. The largest absolute Gasteiger partial charge is 0.494 e. The summed E-state index contributed by atoms with van der Waals surface area (Å²) in [5, 5.41) is 22.3. The zero-order valence-electron chi connectivity index (χ0n) is 21.6. The van der Waals surface area contributed by atoms with Gasteiger partial charge in [-0.3, -0.25) is 27.9 Å². The highest BCUT2D eigenvalue weighted by Crippen LogP contribution is 2.42. The number of ether oxygens (including phenoxy) is 1. The van der Waals surface area contributed by atoms with Gasteiger partial charge in [-0.15, -0.1) is 0 Å². The maximum absolute atomic E-state index is 13.6. The fourth-order valence-electron chi connectivity index (χ4n) is 4.37. The van der Waals surface area contributed by atoms with Crippen LogP contribution in [0.1, 0.15) is 28.2 Å². The minimum Gasteiger partial charge on any atom is -0.494 e. The van der Waals surface area contributed by atoms with Crippen LogP contribution in [0.5, 0.6) is 17.5 Å². The molecule has 0 aliphatic heterocycles. The van der Waals surface area contributed by atoms with E-state index in [4.69, 9.17) is 52.4 Å². The molecule has 0 bridgehead atoms. The van der Waals surface area contributed by atoms with E-state index >= 15 is 0 Å². The Morgan fingerprint density at radius 1 is 0.850 bits per heavy atom. The monoisotopic (exact) mass is 624 g/mol. The second-order valence-electron chi connectivity index (χ2n) is 9.05. The second kappa shape index (κ2) is 11.2. The fraction of sp³-hybridized carbons (Fsp3) is 0.231. The Morgan fingerprint density at radius 3 is 1.77 bits per heavy atom. The first-order chi connectivity index (χ1) is 18.8. The van der Waals surface area contributed by atoms with Gasteiger partial charge in [0.15, 0.2) is 15.3 Å². The minimum absolute atomic E-state index is 0.00468. The highest BCUT2D eigenvalue weighted by atomic mass is 35.5. The molecule has 0 aliphatic rings. The minimum atomic E-state index is -1.37. The van der Waals surface area contributed by atoms with Crippen LogP contribution in [0, 0.1) is 15.4 Å². The summed E-state index contributed by atoms with van der Waals surface area (Å²) in [4.78, 5) is 27.0. The average molecular weight is 626 g/mol. The molecule has 0 unspecified atom stereocenters. The van der Waals surface area contributed by atoms with Crippen molar-refractivity contribution < 1.29 is 19.3 Å². The third kappa shape index (κ3) is 5.07. The molecule has 4 aromatic rings. The van der Waals surface area contributed by atoms with Crippen LogP contribution >= 0.6 is 47.6 Å². The van der Waals surface area contributed by atoms with Gasteiger partial charge in [-0.2, -0.15) is 0 Å². The molecular formula is C26H23Cl2FN4O5S2. The van der Waals surface area contributed by atoms with Crippen LogP contribution in [0.15, 0.2) is 46.0 Å². The van der Waals surface area contributed by atoms with Gasteiger partial charge in [0, 0.05) is 28.2 Å². The van der Waals surface area contributed by atoms with Gasteiger partial charge in [0.25, 0.3) is 11.1 Å². The first-order valence-electron chi connectivity index (χ1n) is 11.6. The summed E-state index contributed by atoms with van der Waals surface area (Å²) < 4.78 is 24.0. The van der Waals surface area contributed by atoms with Gasteiger partial charge in [-0.25, -0.2) is 4.39 Å². The van der Waals surface area contributed by atoms with Crippen molar-refractivity contribution in [3.63, 3.8) is 0 Å². The topological polar surface area (TPSA) is 104 Å². The quantitative estimate of drug-likeness (QED) is 0.296. The molecule has 0 saturated carbocycles.